The maximum atomic E-state index is 5.50. The average Bonchev–Trinajstić information content (AvgIpc) is 2.65. The Labute approximate surface area is 85.3 Å². The van der Waals surface area contributed by atoms with Gasteiger partial charge in [-0.2, -0.15) is 0 Å². The van der Waals surface area contributed by atoms with E-state index in [0.29, 0.717) is 12.6 Å². The van der Waals surface area contributed by atoms with Gasteiger partial charge in [-0.25, -0.2) is 4.98 Å². The van der Waals surface area contributed by atoms with Crippen molar-refractivity contribution in [3.05, 3.63) is 12.4 Å². The van der Waals surface area contributed by atoms with Crippen LogP contribution in [0.4, 0.5) is 0 Å². The summed E-state index contributed by atoms with van der Waals surface area (Å²) in [5.74, 6) is 0. The first kappa shape index (κ1) is 11.0. The Morgan fingerprint density at radius 2 is 2.29 bits per heavy atom. The fraction of sp³-hybridized carbons (Fsp3) is 0.700. The number of hydrogen-bond acceptors (Lipinski definition) is 3. The maximum Gasteiger partial charge on any atom is 0.296 e. The lowest BCUT2D eigenvalue weighted by atomic mass is 10.5. The lowest BCUT2D eigenvalue weighted by molar-refractivity contribution is 0.278. The molecule has 0 aromatic carbocycles. The smallest absolute Gasteiger partial charge is 0.296 e. The second-order valence-electron chi connectivity index (χ2n) is 3.09. The molecular formula is C10H19N3O. The summed E-state index contributed by atoms with van der Waals surface area (Å²) in [4.78, 5) is 4.12. The zero-order valence-electron chi connectivity index (χ0n) is 8.99. The molecule has 0 aliphatic heterocycles. The van der Waals surface area contributed by atoms with Gasteiger partial charge in [-0.3, -0.25) is 0 Å². The van der Waals surface area contributed by atoms with E-state index < -0.39 is 0 Å². The number of hydrogen-bond donors (Lipinski definition) is 1. The summed E-state index contributed by atoms with van der Waals surface area (Å²) in [5, 5.41) is 3.27. The highest BCUT2D eigenvalue weighted by molar-refractivity contribution is 4.97. The molecule has 1 heterocycles. The van der Waals surface area contributed by atoms with Crippen LogP contribution in [0.25, 0.3) is 0 Å². The molecule has 0 aliphatic carbocycles. The van der Waals surface area contributed by atoms with E-state index in [2.05, 4.69) is 24.1 Å². The van der Waals surface area contributed by atoms with E-state index in [1.165, 1.54) is 0 Å². The van der Waals surface area contributed by atoms with Crippen LogP contribution >= 0.6 is 0 Å². The molecule has 0 saturated carbocycles. The molecule has 4 nitrogen and oxygen atoms in total. The van der Waals surface area contributed by atoms with Gasteiger partial charge in [0.15, 0.2) is 0 Å². The van der Waals surface area contributed by atoms with Crippen molar-refractivity contribution in [2.75, 3.05) is 19.7 Å². The minimum Gasteiger partial charge on any atom is -0.463 e. The standard InChI is InChI=1S/C10H19N3O/c1-3-5-11-7-9-14-10-12-6-8-13(10)4-2/h6,8,11H,3-5,7,9H2,1-2H3. The third-order valence-electron chi connectivity index (χ3n) is 1.95. The lowest BCUT2D eigenvalue weighted by Gasteiger charge is -2.07. The van der Waals surface area contributed by atoms with E-state index in [-0.39, 0.29) is 0 Å². The molecular weight excluding hydrogens is 178 g/mol. The topological polar surface area (TPSA) is 39.1 Å². The molecule has 0 fully saturated rings. The summed E-state index contributed by atoms with van der Waals surface area (Å²) >= 11 is 0. The Morgan fingerprint density at radius 3 is 3.00 bits per heavy atom. The quantitative estimate of drug-likeness (QED) is 0.669. The SMILES string of the molecule is CCCNCCOc1nccn1CC. The molecule has 0 radical (unpaired) electrons. The first-order valence-corrected chi connectivity index (χ1v) is 5.23. The molecule has 4 heteroatoms. The molecule has 14 heavy (non-hydrogen) atoms. The summed E-state index contributed by atoms with van der Waals surface area (Å²) in [5.41, 5.74) is 0. The Bertz CT molecular complexity index is 247. The fourth-order valence-electron chi connectivity index (χ4n) is 1.19. The molecule has 0 spiro atoms. The molecule has 1 N–H and O–H groups in total. The Balaban J connectivity index is 2.17. The third kappa shape index (κ3) is 3.38. The molecule has 0 atom stereocenters. The number of aromatic nitrogens is 2. The van der Waals surface area contributed by atoms with Crippen LogP contribution in [0.1, 0.15) is 20.3 Å². The first-order valence-electron chi connectivity index (χ1n) is 5.23. The normalized spacial score (nSPS) is 10.4. The molecule has 1 rings (SSSR count). The zero-order chi connectivity index (χ0) is 10.2. The van der Waals surface area contributed by atoms with Gasteiger partial charge >= 0.3 is 0 Å². The van der Waals surface area contributed by atoms with Gasteiger partial charge in [0.2, 0.25) is 0 Å². The fourth-order valence-corrected chi connectivity index (χ4v) is 1.19. The second kappa shape index (κ2) is 6.43. The summed E-state index contributed by atoms with van der Waals surface area (Å²) in [6, 6.07) is 0.714. The summed E-state index contributed by atoms with van der Waals surface area (Å²) in [6.07, 6.45) is 4.84. The van der Waals surface area contributed by atoms with E-state index in [1.807, 2.05) is 10.8 Å². The second-order valence-corrected chi connectivity index (χ2v) is 3.09. The molecule has 0 amide bonds. The third-order valence-corrected chi connectivity index (χ3v) is 1.95. The Hall–Kier alpha value is -1.03. The van der Waals surface area contributed by atoms with Gasteiger partial charge in [-0.05, 0) is 19.9 Å². The minimum absolute atomic E-state index is 0.678. The van der Waals surface area contributed by atoms with Crippen molar-refractivity contribution in [3.63, 3.8) is 0 Å². The van der Waals surface area contributed by atoms with Crippen molar-refractivity contribution in [1.29, 1.82) is 0 Å². The minimum atomic E-state index is 0.678. The highest BCUT2D eigenvalue weighted by Gasteiger charge is 2.00. The van der Waals surface area contributed by atoms with Gasteiger partial charge in [0.25, 0.3) is 6.01 Å². The van der Waals surface area contributed by atoms with Crippen LogP contribution in [0.3, 0.4) is 0 Å². The van der Waals surface area contributed by atoms with Crippen LogP contribution in [-0.2, 0) is 6.54 Å². The molecule has 1 aromatic heterocycles. The monoisotopic (exact) mass is 197 g/mol. The number of aryl methyl sites for hydroxylation is 1. The van der Waals surface area contributed by atoms with Crippen LogP contribution in [0, 0.1) is 0 Å². The number of nitrogens with one attached hydrogen (secondary N) is 1. The Kier molecular flexibility index (Phi) is 5.07. The van der Waals surface area contributed by atoms with E-state index >= 15 is 0 Å². The molecule has 0 bridgehead atoms. The first-order chi connectivity index (χ1) is 6.88. The zero-order valence-corrected chi connectivity index (χ0v) is 8.99. The lowest BCUT2D eigenvalue weighted by Crippen LogP contribution is -2.22. The van der Waals surface area contributed by atoms with Gasteiger partial charge in [-0.1, -0.05) is 6.92 Å². The number of nitrogens with zero attached hydrogens (tertiary/aromatic N) is 2. The summed E-state index contributed by atoms with van der Waals surface area (Å²) in [6.45, 7) is 7.73. The van der Waals surface area contributed by atoms with Crippen LogP contribution in [0.2, 0.25) is 0 Å². The van der Waals surface area contributed by atoms with Crippen molar-refractivity contribution in [3.8, 4) is 6.01 Å². The van der Waals surface area contributed by atoms with Crippen molar-refractivity contribution in [2.24, 2.45) is 0 Å². The van der Waals surface area contributed by atoms with Crippen LogP contribution in [-0.4, -0.2) is 29.2 Å². The van der Waals surface area contributed by atoms with Gasteiger partial charge in [0, 0.05) is 25.5 Å². The van der Waals surface area contributed by atoms with Gasteiger partial charge < -0.3 is 14.6 Å². The van der Waals surface area contributed by atoms with Gasteiger partial charge in [0.1, 0.15) is 6.61 Å². The van der Waals surface area contributed by atoms with Crippen LogP contribution in [0.5, 0.6) is 6.01 Å². The van der Waals surface area contributed by atoms with E-state index in [9.17, 15) is 0 Å². The predicted octanol–water partition coefficient (Wildman–Crippen LogP) is 1.28. The van der Waals surface area contributed by atoms with Gasteiger partial charge in [0.05, 0.1) is 0 Å². The molecule has 0 unspecified atom stereocenters. The maximum absolute atomic E-state index is 5.50. The summed E-state index contributed by atoms with van der Waals surface area (Å²) < 4.78 is 7.49. The number of imidazole rings is 1. The molecule has 0 aliphatic rings. The highest BCUT2D eigenvalue weighted by atomic mass is 16.5. The average molecular weight is 197 g/mol. The largest absolute Gasteiger partial charge is 0.463 e. The Morgan fingerprint density at radius 1 is 1.43 bits per heavy atom. The van der Waals surface area contributed by atoms with E-state index in [0.717, 1.165) is 26.1 Å². The molecule has 80 valence electrons. The molecule has 1 aromatic rings. The highest BCUT2D eigenvalue weighted by Crippen LogP contribution is 2.05. The van der Waals surface area contributed by atoms with Crippen molar-refractivity contribution in [1.82, 2.24) is 14.9 Å². The van der Waals surface area contributed by atoms with Crippen LogP contribution < -0.4 is 10.1 Å². The van der Waals surface area contributed by atoms with Crippen molar-refractivity contribution in [2.45, 2.75) is 26.8 Å². The molecule has 0 saturated heterocycles. The van der Waals surface area contributed by atoms with Crippen molar-refractivity contribution < 1.29 is 4.74 Å². The van der Waals surface area contributed by atoms with Gasteiger partial charge in [-0.15, -0.1) is 0 Å². The number of rotatable bonds is 7. The van der Waals surface area contributed by atoms with Crippen LogP contribution in [0.15, 0.2) is 12.4 Å². The van der Waals surface area contributed by atoms with Crippen molar-refractivity contribution >= 4 is 0 Å². The predicted molar refractivity (Wildman–Crippen MR) is 56.6 cm³/mol. The number of ether oxygens (including phenoxy) is 1. The van der Waals surface area contributed by atoms with E-state index in [1.54, 1.807) is 6.20 Å². The summed E-state index contributed by atoms with van der Waals surface area (Å²) in [7, 11) is 0. The van der Waals surface area contributed by atoms with E-state index in [4.69, 9.17) is 4.74 Å².